The molecule has 1 aromatic heterocycles. The number of halogens is 2. The van der Waals surface area contributed by atoms with Crippen LogP contribution in [0.5, 0.6) is 5.88 Å². The van der Waals surface area contributed by atoms with Crippen LogP contribution in [0, 0.1) is 11.6 Å². The lowest BCUT2D eigenvalue weighted by Gasteiger charge is -2.14. The summed E-state index contributed by atoms with van der Waals surface area (Å²) >= 11 is 1.80. The minimum absolute atomic E-state index is 0.0431. The first-order chi connectivity index (χ1) is 11.6. The Bertz CT molecular complexity index is 736. The number of hydrogen-bond donors (Lipinski definition) is 1. The minimum atomic E-state index is -0.694. The Morgan fingerprint density at radius 3 is 3.00 bits per heavy atom. The van der Waals surface area contributed by atoms with Crippen molar-refractivity contribution < 1.29 is 18.3 Å². The van der Waals surface area contributed by atoms with Gasteiger partial charge in [-0.05, 0) is 30.4 Å². The number of hydrogen-bond acceptors (Lipinski definition) is 4. The zero-order valence-corrected chi connectivity index (χ0v) is 13.6. The molecule has 2 aromatic rings. The third-order valence-corrected chi connectivity index (χ3v) is 4.77. The molecule has 1 fully saturated rings. The van der Waals surface area contributed by atoms with Crippen molar-refractivity contribution in [3.05, 3.63) is 59.3 Å². The van der Waals surface area contributed by atoms with Gasteiger partial charge in [0.25, 0.3) is 5.91 Å². The lowest BCUT2D eigenvalue weighted by molar-refractivity contribution is 0.0943. The average Bonchev–Trinajstić information content (AvgIpc) is 3.07. The Morgan fingerprint density at radius 1 is 1.38 bits per heavy atom. The number of benzene rings is 1. The highest BCUT2D eigenvalue weighted by atomic mass is 32.2. The fraction of sp³-hybridized carbons (Fsp3) is 0.294. The van der Waals surface area contributed by atoms with Crippen molar-refractivity contribution in [3.8, 4) is 5.88 Å². The van der Waals surface area contributed by atoms with Gasteiger partial charge in [-0.25, -0.2) is 13.8 Å². The SMILES string of the molecule is O=C(NCc1ccc(F)cc1F)c1cccnc1OC1CCSC1. The Labute approximate surface area is 142 Å². The number of amides is 1. The molecule has 0 saturated carbocycles. The van der Waals surface area contributed by atoms with E-state index in [0.29, 0.717) is 5.56 Å². The molecule has 0 spiro atoms. The fourth-order valence-corrected chi connectivity index (χ4v) is 3.45. The molecule has 7 heteroatoms. The topological polar surface area (TPSA) is 51.2 Å². The summed E-state index contributed by atoms with van der Waals surface area (Å²) in [6, 6.07) is 6.50. The summed E-state index contributed by atoms with van der Waals surface area (Å²) in [5.41, 5.74) is 0.514. The molecule has 1 N–H and O–H groups in total. The molecule has 1 saturated heterocycles. The summed E-state index contributed by atoms with van der Waals surface area (Å²) in [4.78, 5) is 16.5. The van der Waals surface area contributed by atoms with E-state index in [0.717, 1.165) is 30.1 Å². The molecule has 1 atom stereocenters. The molecular weight excluding hydrogens is 334 g/mol. The van der Waals surface area contributed by atoms with Crippen LogP contribution in [0.15, 0.2) is 36.5 Å². The van der Waals surface area contributed by atoms with Crippen LogP contribution in [0.1, 0.15) is 22.3 Å². The van der Waals surface area contributed by atoms with Crippen LogP contribution in [-0.4, -0.2) is 28.5 Å². The third-order valence-electron chi connectivity index (χ3n) is 3.64. The lowest BCUT2D eigenvalue weighted by atomic mass is 10.2. The maximum atomic E-state index is 13.6. The number of thioether (sulfide) groups is 1. The first kappa shape index (κ1) is 16.7. The van der Waals surface area contributed by atoms with Crippen LogP contribution in [-0.2, 0) is 6.54 Å². The van der Waals surface area contributed by atoms with Gasteiger partial charge in [0.2, 0.25) is 5.88 Å². The van der Waals surface area contributed by atoms with Gasteiger partial charge in [0.05, 0.1) is 0 Å². The monoisotopic (exact) mass is 350 g/mol. The maximum absolute atomic E-state index is 13.6. The van der Waals surface area contributed by atoms with E-state index in [2.05, 4.69) is 10.3 Å². The van der Waals surface area contributed by atoms with Crippen LogP contribution >= 0.6 is 11.8 Å². The van der Waals surface area contributed by atoms with Crippen LogP contribution in [0.2, 0.25) is 0 Å². The molecule has 1 amide bonds. The molecule has 1 aliphatic heterocycles. The molecular formula is C17H16F2N2O2S. The lowest BCUT2D eigenvalue weighted by Crippen LogP contribution is -2.25. The molecule has 0 aliphatic carbocycles. The zero-order chi connectivity index (χ0) is 16.9. The largest absolute Gasteiger partial charge is 0.473 e. The van der Waals surface area contributed by atoms with Crippen molar-refractivity contribution in [2.75, 3.05) is 11.5 Å². The summed E-state index contributed by atoms with van der Waals surface area (Å²) in [5, 5.41) is 2.61. The summed E-state index contributed by atoms with van der Waals surface area (Å²) in [5.74, 6) is 0.428. The maximum Gasteiger partial charge on any atom is 0.257 e. The van der Waals surface area contributed by atoms with Gasteiger partial charge in [-0.2, -0.15) is 11.8 Å². The highest BCUT2D eigenvalue weighted by molar-refractivity contribution is 7.99. The van der Waals surface area contributed by atoms with Crippen LogP contribution in [0.25, 0.3) is 0 Å². The van der Waals surface area contributed by atoms with Crippen LogP contribution in [0.4, 0.5) is 8.78 Å². The molecule has 0 bridgehead atoms. The summed E-state index contributed by atoms with van der Waals surface area (Å²) in [6.07, 6.45) is 2.53. The Hall–Kier alpha value is -2.15. The van der Waals surface area contributed by atoms with E-state index in [-0.39, 0.29) is 24.1 Å². The van der Waals surface area contributed by atoms with E-state index < -0.39 is 17.5 Å². The van der Waals surface area contributed by atoms with Gasteiger partial charge in [0, 0.05) is 30.1 Å². The fourth-order valence-electron chi connectivity index (χ4n) is 2.36. The standard InChI is InChI=1S/C17H16F2N2O2S/c18-12-4-3-11(15(19)8-12)9-21-16(22)14-2-1-6-20-17(14)23-13-5-7-24-10-13/h1-4,6,8,13H,5,7,9-10H2,(H,21,22). The van der Waals surface area contributed by atoms with E-state index in [1.165, 1.54) is 6.07 Å². The van der Waals surface area contributed by atoms with Gasteiger partial charge in [-0.3, -0.25) is 4.79 Å². The number of aromatic nitrogens is 1. The van der Waals surface area contributed by atoms with E-state index in [9.17, 15) is 13.6 Å². The number of carbonyl (C=O) groups is 1. The highest BCUT2D eigenvalue weighted by Crippen LogP contribution is 2.24. The van der Waals surface area contributed by atoms with Crippen molar-refractivity contribution in [2.24, 2.45) is 0 Å². The van der Waals surface area contributed by atoms with Crippen molar-refractivity contribution in [2.45, 2.75) is 19.1 Å². The number of ether oxygens (including phenoxy) is 1. The van der Waals surface area contributed by atoms with Crippen LogP contribution < -0.4 is 10.1 Å². The third kappa shape index (κ3) is 4.03. The molecule has 1 aromatic carbocycles. The number of nitrogens with one attached hydrogen (secondary N) is 1. The van der Waals surface area contributed by atoms with Gasteiger partial charge in [0.1, 0.15) is 23.3 Å². The summed E-state index contributed by atoms with van der Waals surface area (Å²) in [6.45, 7) is -0.0431. The molecule has 1 aliphatic rings. The Morgan fingerprint density at radius 2 is 2.25 bits per heavy atom. The predicted octanol–water partition coefficient (Wildman–Crippen LogP) is 3.17. The predicted molar refractivity (Wildman–Crippen MR) is 88.1 cm³/mol. The number of rotatable bonds is 5. The average molecular weight is 350 g/mol. The quantitative estimate of drug-likeness (QED) is 0.900. The van der Waals surface area contributed by atoms with E-state index in [4.69, 9.17) is 4.74 Å². The van der Waals surface area contributed by atoms with Crippen LogP contribution in [0.3, 0.4) is 0 Å². The number of pyridine rings is 1. The number of carbonyl (C=O) groups excluding carboxylic acids is 1. The van der Waals surface area contributed by atoms with E-state index >= 15 is 0 Å². The van der Waals surface area contributed by atoms with Crippen molar-refractivity contribution >= 4 is 17.7 Å². The van der Waals surface area contributed by atoms with Gasteiger partial charge in [-0.15, -0.1) is 0 Å². The summed E-state index contributed by atoms with van der Waals surface area (Å²) in [7, 11) is 0. The van der Waals surface area contributed by atoms with Gasteiger partial charge in [0.15, 0.2) is 0 Å². The minimum Gasteiger partial charge on any atom is -0.473 e. The zero-order valence-electron chi connectivity index (χ0n) is 12.8. The van der Waals surface area contributed by atoms with Gasteiger partial charge in [-0.1, -0.05) is 6.07 Å². The first-order valence-corrected chi connectivity index (χ1v) is 8.70. The highest BCUT2D eigenvalue weighted by Gasteiger charge is 2.21. The second kappa shape index (κ2) is 7.61. The van der Waals surface area contributed by atoms with Crippen molar-refractivity contribution in [1.29, 1.82) is 0 Å². The van der Waals surface area contributed by atoms with Gasteiger partial charge < -0.3 is 10.1 Å². The normalized spacial score (nSPS) is 16.8. The molecule has 2 heterocycles. The first-order valence-electron chi connectivity index (χ1n) is 7.55. The van der Waals surface area contributed by atoms with E-state index in [1.54, 1.807) is 30.1 Å². The second-order valence-corrected chi connectivity index (χ2v) is 6.53. The second-order valence-electron chi connectivity index (χ2n) is 5.38. The van der Waals surface area contributed by atoms with Crippen molar-refractivity contribution in [3.63, 3.8) is 0 Å². The van der Waals surface area contributed by atoms with E-state index in [1.807, 2.05) is 0 Å². The molecule has 1 unspecified atom stereocenters. The Kier molecular flexibility index (Phi) is 5.30. The smallest absolute Gasteiger partial charge is 0.257 e. The molecule has 24 heavy (non-hydrogen) atoms. The molecule has 126 valence electrons. The number of nitrogens with zero attached hydrogens (tertiary/aromatic N) is 1. The molecule has 4 nitrogen and oxygen atoms in total. The molecule has 3 rings (SSSR count). The summed E-state index contributed by atoms with van der Waals surface area (Å²) < 4.78 is 32.3. The van der Waals surface area contributed by atoms with Crippen molar-refractivity contribution in [1.82, 2.24) is 10.3 Å². The Balaban J connectivity index is 1.68. The molecule has 0 radical (unpaired) electrons. The van der Waals surface area contributed by atoms with Gasteiger partial charge >= 0.3 is 0 Å².